The van der Waals surface area contributed by atoms with Gasteiger partial charge in [-0.1, -0.05) is 30.3 Å². The van der Waals surface area contributed by atoms with E-state index in [9.17, 15) is 0 Å². The lowest BCUT2D eigenvalue weighted by Gasteiger charge is -2.33. The van der Waals surface area contributed by atoms with Crippen LogP contribution in [0.15, 0.2) is 48.8 Å². The normalized spacial score (nSPS) is 19.7. The van der Waals surface area contributed by atoms with E-state index < -0.39 is 0 Å². The third-order valence-corrected chi connectivity index (χ3v) is 3.95. The van der Waals surface area contributed by atoms with Crippen LogP contribution in [0.4, 0.5) is 0 Å². The fourth-order valence-electron chi connectivity index (χ4n) is 2.87. The van der Waals surface area contributed by atoms with Crippen LogP contribution >= 0.6 is 0 Å². The Kier molecular flexibility index (Phi) is 5.03. The topological polar surface area (TPSA) is 30.3 Å². The number of hydrogen-bond donors (Lipinski definition) is 0. The van der Waals surface area contributed by atoms with Gasteiger partial charge in [-0.15, -0.1) is 0 Å². The van der Waals surface area contributed by atoms with Crippen molar-refractivity contribution in [2.75, 3.05) is 26.2 Å². The zero-order chi connectivity index (χ0) is 14.3. The molecule has 1 aliphatic heterocycles. The molecule has 1 fully saturated rings. The molecule has 4 heteroatoms. The Bertz CT molecular complexity index is 512. The second-order valence-electron chi connectivity index (χ2n) is 5.61. The van der Waals surface area contributed by atoms with Crippen LogP contribution in [0.1, 0.15) is 12.0 Å². The van der Waals surface area contributed by atoms with Gasteiger partial charge in [-0.05, 0) is 24.5 Å². The SMILES string of the molecule is c1ccc(CC2CN(CCCn3cccn3)CCO2)cc1. The first-order valence-electron chi connectivity index (χ1n) is 7.75. The van der Waals surface area contributed by atoms with Gasteiger partial charge in [0.15, 0.2) is 0 Å². The predicted octanol–water partition coefficient (Wildman–Crippen LogP) is 2.22. The van der Waals surface area contributed by atoms with Gasteiger partial charge in [0.05, 0.1) is 12.7 Å². The quantitative estimate of drug-likeness (QED) is 0.815. The van der Waals surface area contributed by atoms with Crippen molar-refractivity contribution in [1.82, 2.24) is 14.7 Å². The Balaban J connectivity index is 1.42. The Labute approximate surface area is 126 Å². The molecule has 1 aromatic heterocycles. The Morgan fingerprint density at radius 2 is 2.05 bits per heavy atom. The lowest BCUT2D eigenvalue weighted by Crippen LogP contribution is -2.43. The van der Waals surface area contributed by atoms with Crippen LogP contribution in [-0.2, 0) is 17.7 Å². The first-order valence-corrected chi connectivity index (χ1v) is 7.75. The van der Waals surface area contributed by atoms with E-state index >= 15 is 0 Å². The average molecular weight is 285 g/mol. The third kappa shape index (κ3) is 4.41. The van der Waals surface area contributed by atoms with Gasteiger partial charge in [-0.3, -0.25) is 9.58 Å². The fraction of sp³-hybridized carbons (Fsp3) is 0.471. The molecule has 1 aliphatic rings. The van der Waals surface area contributed by atoms with Crippen molar-refractivity contribution in [2.45, 2.75) is 25.5 Å². The number of aromatic nitrogens is 2. The Morgan fingerprint density at radius 3 is 2.86 bits per heavy atom. The molecule has 0 amide bonds. The molecule has 0 radical (unpaired) electrons. The third-order valence-electron chi connectivity index (χ3n) is 3.95. The van der Waals surface area contributed by atoms with Crippen molar-refractivity contribution >= 4 is 0 Å². The van der Waals surface area contributed by atoms with Crippen molar-refractivity contribution in [3.8, 4) is 0 Å². The number of aryl methyl sites for hydroxylation is 1. The molecule has 0 bridgehead atoms. The standard InChI is InChI=1S/C17H23N3O/c1-2-6-16(7-3-1)14-17-15-19(12-13-21-17)9-5-11-20-10-4-8-18-20/h1-4,6-8,10,17H,5,9,11-15H2. The summed E-state index contributed by atoms with van der Waals surface area (Å²) in [7, 11) is 0. The number of ether oxygens (including phenoxy) is 1. The molecule has 2 heterocycles. The van der Waals surface area contributed by atoms with E-state index in [2.05, 4.69) is 40.3 Å². The summed E-state index contributed by atoms with van der Waals surface area (Å²) < 4.78 is 7.91. The first kappa shape index (κ1) is 14.3. The highest BCUT2D eigenvalue weighted by molar-refractivity contribution is 5.15. The highest BCUT2D eigenvalue weighted by Gasteiger charge is 2.20. The highest BCUT2D eigenvalue weighted by Crippen LogP contribution is 2.12. The summed E-state index contributed by atoms with van der Waals surface area (Å²) in [5.74, 6) is 0. The van der Waals surface area contributed by atoms with Gasteiger partial charge in [-0.25, -0.2) is 0 Å². The summed E-state index contributed by atoms with van der Waals surface area (Å²) in [5, 5.41) is 4.24. The molecule has 1 aromatic carbocycles. The average Bonchev–Trinajstić information content (AvgIpc) is 3.02. The monoisotopic (exact) mass is 285 g/mol. The predicted molar refractivity (Wildman–Crippen MR) is 83.2 cm³/mol. The summed E-state index contributed by atoms with van der Waals surface area (Å²) in [4.78, 5) is 2.51. The molecule has 0 saturated carbocycles. The molecule has 2 aromatic rings. The van der Waals surface area contributed by atoms with Gasteiger partial charge < -0.3 is 4.74 Å². The number of rotatable bonds is 6. The maximum atomic E-state index is 5.91. The summed E-state index contributed by atoms with van der Waals surface area (Å²) in [6.07, 6.45) is 6.34. The number of nitrogens with zero attached hydrogens (tertiary/aromatic N) is 3. The van der Waals surface area contributed by atoms with Crippen molar-refractivity contribution in [2.24, 2.45) is 0 Å². The number of hydrogen-bond acceptors (Lipinski definition) is 3. The van der Waals surface area contributed by atoms with Gasteiger partial charge >= 0.3 is 0 Å². The van der Waals surface area contributed by atoms with Crippen LogP contribution in [0.2, 0.25) is 0 Å². The lowest BCUT2D eigenvalue weighted by molar-refractivity contribution is -0.0281. The molecule has 1 unspecified atom stereocenters. The van der Waals surface area contributed by atoms with Crippen molar-refractivity contribution in [3.63, 3.8) is 0 Å². The molecular formula is C17H23N3O. The van der Waals surface area contributed by atoms with Crippen molar-refractivity contribution in [3.05, 3.63) is 54.4 Å². The second-order valence-corrected chi connectivity index (χ2v) is 5.61. The minimum absolute atomic E-state index is 0.325. The zero-order valence-corrected chi connectivity index (χ0v) is 12.4. The molecule has 1 atom stereocenters. The van der Waals surface area contributed by atoms with Crippen LogP contribution in [0.5, 0.6) is 0 Å². The minimum atomic E-state index is 0.325. The van der Waals surface area contributed by atoms with E-state index in [1.807, 2.05) is 23.1 Å². The summed E-state index contributed by atoms with van der Waals surface area (Å²) in [6, 6.07) is 12.6. The van der Waals surface area contributed by atoms with E-state index in [-0.39, 0.29) is 0 Å². The summed E-state index contributed by atoms with van der Waals surface area (Å²) >= 11 is 0. The Hall–Kier alpha value is -1.65. The lowest BCUT2D eigenvalue weighted by atomic mass is 10.1. The van der Waals surface area contributed by atoms with Crippen molar-refractivity contribution < 1.29 is 4.74 Å². The van der Waals surface area contributed by atoms with Crippen LogP contribution in [-0.4, -0.2) is 47.0 Å². The van der Waals surface area contributed by atoms with Crippen molar-refractivity contribution in [1.29, 1.82) is 0 Å². The number of morpholine rings is 1. The maximum Gasteiger partial charge on any atom is 0.0742 e. The van der Waals surface area contributed by atoms with E-state index in [1.165, 1.54) is 5.56 Å². The van der Waals surface area contributed by atoms with Gasteiger partial charge in [0.25, 0.3) is 0 Å². The van der Waals surface area contributed by atoms with Gasteiger partial charge in [0, 0.05) is 38.6 Å². The van der Waals surface area contributed by atoms with Crippen LogP contribution in [0.25, 0.3) is 0 Å². The molecule has 21 heavy (non-hydrogen) atoms. The smallest absolute Gasteiger partial charge is 0.0742 e. The first-order chi connectivity index (χ1) is 10.4. The van der Waals surface area contributed by atoms with Crippen LogP contribution in [0, 0.1) is 0 Å². The fourth-order valence-corrected chi connectivity index (χ4v) is 2.87. The van der Waals surface area contributed by atoms with Gasteiger partial charge in [-0.2, -0.15) is 5.10 Å². The molecule has 0 aliphatic carbocycles. The molecular weight excluding hydrogens is 262 g/mol. The minimum Gasteiger partial charge on any atom is -0.375 e. The van der Waals surface area contributed by atoms with E-state index in [0.717, 1.165) is 45.6 Å². The molecule has 1 saturated heterocycles. The largest absolute Gasteiger partial charge is 0.375 e. The molecule has 3 rings (SSSR count). The zero-order valence-electron chi connectivity index (χ0n) is 12.4. The van der Waals surface area contributed by atoms with Crippen LogP contribution in [0.3, 0.4) is 0 Å². The molecule has 0 spiro atoms. The Morgan fingerprint density at radius 1 is 1.14 bits per heavy atom. The molecule has 0 N–H and O–H groups in total. The van der Waals surface area contributed by atoms with Gasteiger partial charge in [0.1, 0.15) is 0 Å². The van der Waals surface area contributed by atoms with E-state index in [4.69, 9.17) is 4.74 Å². The molecule has 4 nitrogen and oxygen atoms in total. The number of benzene rings is 1. The highest BCUT2D eigenvalue weighted by atomic mass is 16.5. The molecule has 112 valence electrons. The second kappa shape index (κ2) is 7.38. The van der Waals surface area contributed by atoms with E-state index in [0.29, 0.717) is 6.10 Å². The summed E-state index contributed by atoms with van der Waals surface area (Å²) in [5.41, 5.74) is 1.36. The van der Waals surface area contributed by atoms with Gasteiger partial charge in [0.2, 0.25) is 0 Å². The van der Waals surface area contributed by atoms with Crippen LogP contribution < -0.4 is 0 Å². The van der Waals surface area contributed by atoms with E-state index in [1.54, 1.807) is 0 Å². The summed E-state index contributed by atoms with van der Waals surface area (Å²) in [6.45, 7) is 5.04. The maximum absolute atomic E-state index is 5.91.